The number of alkyl halides is 6. The van der Waals surface area contributed by atoms with Gasteiger partial charge in [-0.3, -0.25) is 0 Å². The fourth-order valence-electron chi connectivity index (χ4n) is 1.18. The maximum atomic E-state index is 13.3. The van der Waals surface area contributed by atoms with Crippen LogP contribution >= 0.6 is 11.6 Å². The molecule has 18 heavy (non-hydrogen) atoms. The van der Waals surface area contributed by atoms with Crippen molar-refractivity contribution in [1.82, 2.24) is 0 Å². The van der Waals surface area contributed by atoms with Gasteiger partial charge in [0.2, 0.25) is 0 Å². The molecule has 0 fully saturated rings. The molecule has 0 bridgehead atoms. The highest BCUT2D eigenvalue weighted by atomic mass is 35.5. The van der Waals surface area contributed by atoms with Crippen LogP contribution in [0.2, 0.25) is 5.02 Å². The summed E-state index contributed by atoms with van der Waals surface area (Å²) in [5, 5.41) is -1.07. The van der Waals surface area contributed by atoms with Crippen molar-refractivity contribution < 1.29 is 30.7 Å². The van der Waals surface area contributed by atoms with E-state index in [0.717, 1.165) is 0 Å². The molecular formula is C9H5ClF7N. The van der Waals surface area contributed by atoms with Crippen LogP contribution in [0, 0.1) is 5.82 Å². The van der Waals surface area contributed by atoms with Crippen LogP contribution in [0.25, 0.3) is 0 Å². The van der Waals surface area contributed by atoms with Crippen LogP contribution in [0.1, 0.15) is 17.2 Å². The van der Waals surface area contributed by atoms with Crippen molar-refractivity contribution in [3.8, 4) is 0 Å². The van der Waals surface area contributed by atoms with Crippen molar-refractivity contribution >= 4 is 11.6 Å². The van der Waals surface area contributed by atoms with Crippen LogP contribution in [0.3, 0.4) is 0 Å². The van der Waals surface area contributed by atoms with E-state index in [1.807, 2.05) is 0 Å². The first-order valence-corrected chi connectivity index (χ1v) is 4.71. The quantitative estimate of drug-likeness (QED) is 0.777. The molecule has 0 saturated heterocycles. The van der Waals surface area contributed by atoms with E-state index in [4.69, 9.17) is 11.6 Å². The average molecular weight is 296 g/mol. The highest BCUT2D eigenvalue weighted by Crippen LogP contribution is 2.38. The lowest BCUT2D eigenvalue weighted by atomic mass is 10.0. The van der Waals surface area contributed by atoms with E-state index in [-0.39, 0.29) is 12.1 Å². The molecule has 1 atom stereocenters. The molecule has 1 rings (SSSR count). The van der Waals surface area contributed by atoms with Gasteiger partial charge in [-0.05, 0) is 12.1 Å². The third-order valence-corrected chi connectivity index (χ3v) is 2.35. The van der Waals surface area contributed by atoms with Gasteiger partial charge in [-0.25, -0.2) is 4.39 Å². The van der Waals surface area contributed by atoms with E-state index in [0.29, 0.717) is 0 Å². The second-order valence-corrected chi connectivity index (χ2v) is 3.79. The van der Waals surface area contributed by atoms with Crippen LogP contribution in [-0.2, 0) is 6.18 Å². The largest absolute Gasteiger partial charge is 0.416 e. The number of hydrogen-bond donors (Lipinski definition) is 1. The fraction of sp³-hybridized carbons (Fsp3) is 0.333. The molecule has 0 aliphatic rings. The van der Waals surface area contributed by atoms with Crippen molar-refractivity contribution in [3.63, 3.8) is 0 Å². The van der Waals surface area contributed by atoms with Gasteiger partial charge < -0.3 is 5.73 Å². The summed E-state index contributed by atoms with van der Waals surface area (Å²) in [6.07, 6.45) is -10.0. The molecule has 0 aliphatic heterocycles. The SMILES string of the molecule is N[C@H](c1cc(C(F)(F)F)cc(Cl)c1F)C(F)(F)F. The van der Waals surface area contributed by atoms with E-state index in [1.165, 1.54) is 0 Å². The van der Waals surface area contributed by atoms with E-state index in [1.54, 1.807) is 0 Å². The molecule has 102 valence electrons. The van der Waals surface area contributed by atoms with Crippen molar-refractivity contribution in [1.29, 1.82) is 0 Å². The summed E-state index contributed by atoms with van der Waals surface area (Å²) in [7, 11) is 0. The molecule has 2 N–H and O–H groups in total. The Kier molecular flexibility index (Phi) is 3.83. The second-order valence-electron chi connectivity index (χ2n) is 3.38. The normalized spacial score (nSPS) is 14.7. The predicted octanol–water partition coefficient (Wildman–Crippen LogP) is 4.06. The van der Waals surface area contributed by atoms with Gasteiger partial charge in [-0.1, -0.05) is 11.6 Å². The highest BCUT2D eigenvalue weighted by molar-refractivity contribution is 6.30. The van der Waals surface area contributed by atoms with Gasteiger partial charge in [0.15, 0.2) is 0 Å². The summed E-state index contributed by atoms with van der Waals surface area (Å²) in [5.41, 5.74) is 1.82. The summed E-state index contributed by atoms with van der Waals surface area (Å²) in [4.78, 5) is 0. The zero-order valence-corrected chi connectivity index (χ0v) is 9.09. The van der Waals surface area contributed by atoms with Crippen LogP contribution in [0.15, 0.2) is 12.1 Å². The Morgan fingerprint density at radius 1 is 1.06 bits per heavy atom. The minimum atomic E-state index is -5.08. The minimum absolute atomic E-state index is 0.000625. The van der Waals surface area contributed by atoms with Crippen LogP contribution in [0.5, 0.6) is 0 Å². The lowest BCUT2D eigenvalue weighted by Gasteiger charge is -2.18. The third-order valence-electron chi connectivity index (χ3n) is 2.07. The van der Waals surface area contributed by atoms with Crippen LogP contribution in [0.4, 0.5) is 30.7 Å². The van der Waals surface area contributed by atoms with E-state index >= 15 is 0 Å². The van der Waals surface area contributed by atoms with Gasteiger partial charge in [0.1, 0.15) is 11.9 Å². The molecule has 0 radical (unpaired) electrons. The summed E-state index contributed by atoms with van der Waals surface area (Å²) < 4.78 is 87.1. The molecule has 9 heteroatoms. The zero-order chi connectivity index (χ0) is 14.3. The number of halogens is 8. The summed E-state index contributed by atoms with van der Waals surface area (Å²) in [6.45, 7) is 0. The lowest BCUT2D eigenvalue weighted by Crippen LogP contribution is -2.29. The van der Waals surface area contributed by atoms with Crippen LogP contribution in [-0.4, -0.2) is 6.18 Å². The zero-order valence-electron chi connectivity index (χ0n) is 8.33. The lowest BCUT2D eigenvalue weighted by molar-refractivity contribution is -0.150. The molecule has 1 aromatic rings. The maximum absolute atomic E-state index is 13.3. The molecule has 1 aromatic carbocycles. The maximum Gasteiger partial charge on any atom is 0.416 e. The Labute approximate surface area is 101 Å². The molecular weight excluding hydrogens is 291 g/mol. The molecule has 0 saturated carbocycles. The first-order chi connectivity index (χ1) is 7.94. The average Bonchev–Trinajstić information content (AvgIpc) is 2.17. The highest BCUT2D eigenvalue weighted by Gasteiger charge is 2.41. The molecule has 0 aliphatic carbocycles. The Bertz CT molecular complexity index is 451. The van der Waals surface area contributed by atoms with Gasteiger partial charge in [-0.15, -0.1) is 0 Å². The smallest absolute Gasteiger partial charge is 0.316 e. The monoisotopic (exact) mass is 295 g/mol. The van der Waals surface area contributed by atoms with Gasteiger partial charge in [0.05, 0.1) is 10.6 Å². The number of hydrogen-bond acceptors (Lipinski definition) is 1. The van der Waals surface area contributed by atoms with Crippen LogP contribution < -0.4 is 5.73 Å². The third kappa shape index (κ3) is 3.05. The summed E-state index contributed by atoms with van der Waals surface area (Å²) >= 11 is 5.12. The van der Waals surface area contributed by atoms with Gasteiger partial charge >= 0.3 is 12.4 Å². The molecule has 0 unspecified atom stereocenters. The topological polar surface area (TPSA) is 26.0 Å². The first kappa shape index (κ1) is 15.0. The standard InChI is InChI=1S/C9H5ClF7N/c10-5-2-3(8(12,13)14)1-4(6(5)11)7(18)9(15,16)17/h1-2,7H,18H2/t7-/m1/s1. The van der Waals surface area contributed by atoms with E-state index in [2.05, 4.69) is 5.73 Å². The Hall–Kier alpha value is -1.02. The van der Waals surface area contributed by atoms with Crippen molar-refractivity contribution in [3.05, 3.63) is 34.1 Å². The molecule has 0 amide bonds. The minimum Gasteiger partial charge on any atom is -0.316 e. The number of rotatable bonds is 1. The second kappa shape index (κ2) is 4.58. The molecule has 0 aromatic heterocycles. The van der Waals surface area contributed by atoms with Gasteiger partial charge in [0.25, 0.3) is 0 Å². The summed E-state index contributed by atoms with van der Waals surface area (Å²) in [5.74, 6) is -1.62. The van der Waals surface area contributed by atoms with E-state index in [9.17, 15) is 30.7 Å². The fourth-order valence-corrected chi connectivity index (χ4v) is 1.40. The van der Waals surface area contributed by atoms with E-state index < -0.39 is 40.4 Å². The van der Waals surface area contributed by atoms with Crippen molar-refractivity contribution in [2.75, 3.05) is 0 Å². The van der Waals surface area contributed by atoms with Crippen molar-refractivity contribution in [2.45, 2.75) is 18.4 Å². The molecule has 0 heterocycles. The van der Waals surface area contributed by atoms with Gasteiger partial charge in [-0.2, -0.15) is 26.3 Å². The molecule has 0 spiro atoms. The first-order valence-electron chi connectivity index (χ1n) is 4.33. The Balaban J connectivity index is 3.41. The molecule has 1 nitrogen and oxygen atoms in total. The predicted molar refractivity (Wildman–Crippen MR) is 49.4 cm³/mol. The van der Waals surface area contributed by atoms with Crippen molar-refractivity contribution in [2.24, 2.45) is 5.73 Å². The van der Waals surface area contributed by atoms with Gasteiger partial charge in [0, 0.05) is 5.56 Å². The number of benzene rings is 1. The summed E-state index contributed by atoms with van der Waals surface area (Å²) in [6, 6.07) is -2.68. The Morgan fingerprint density at radius 2 is 1.56 bits per heavy atom. The number of nitrogens with two attached hydrogens (primary N) is 1. The Morgan fingerprint density at radius 3 is 1.94 bits per heavy atom.